The summed E-state index contributed by atoms with van der Waals surface area (Å²) in [6, 6.07) is 0. The first-order chi connectivity index (χ1) is 7.78. The van der Waals surface area contributed by atoms with Crippen LogP contribution in [0.15, 0.2) is 70.0 Å². The fourth-order valence-corrected chi connectivity index (χ4v) is 1.55. The van der Waals surface area contributed by atoms with Gasteiger partial charge in [0.25, 0.3) is 0 Å². The Kier molecular flexibility index (Phi) is 4.40. The minimum atomic E-state index is 0.800. The van der Waals surface area contributed by atoms with Crippen molar-refractivity contribution in [3.63, 3.8) is 0 Å². The van der Waals surface area contributed by atoms with Crippen molar-refractivity contribution < 1.29 is 0 Å². The molecule has 0 amide bonds. The molecule has 0 aromatic carbocycles. The molecular formula is C14H16N2. The van der Waals surface area contributed by atoms with Gasteiger partial charge >= 0.3 is 0 Å². The van der Waals surface area contributed by atoms with Gasteiger partial charge in [0.2, 0.25) is 0 Å². The van der Waals surface area contributed by atoms with Crippen LogP contribution in [0.4, 0.5) is 0 Å². The van der Waals surface area contributed by atoms with Crippen molar-refractivity contribution in [1.29, 1.82) is 0 Å². The molecule has 0 aromatic heterocycles. The third-order valence-corrected chi connectivity index (χ3v) is 2.25. The van der Waals surface area contributed by atoms with E-state index in [0.29, 0.717) is 0 Å². The molecule has 0 saturated heterocycles. The zero-order valence-electron chi connectivity index (χ0n) is 9.77. The van der Waals surface area contributed by atoms with Crippen LogP contribution in [0.3, 0.4) is 0 Å². The molecule has 0 spiro atoms. The summed E-state index contributed by atoms with van der Waals surface area (Å²) in [5, 5.41) is 0. The standard InChI is InChI=1S/C14H16N2/c1-5-8-12-10-9-11(6-2)14(16-7-3)13(12)15-4/h5-10H,3-4H2,1-2H3/b8-5-,11-6-,16-14+. The molecule has 0 aliphatic heterocycles. The number of rotatable bonds is 3. The minimum absolute atomic E-state index is 0.800. The Hall–Kier alpha value is -1.96. The lowest BCUT2D eigenvalue weighted by Crippen LogP contribution is -2.09. The van der Waals surface area contributed by atoms with Crippen molar-refractivity contribution in [2.75, 3.05) is 0 Å². The molecule has 2 nitrogen and oxygen atoms in total. The molecule has 2 heteroatoms. The summed E-state index contributed by atoms with van der Waals surface area (Å²) in [6.07, 6.45) is 11.5. The largest absolute Gasteiger partial charge is 0.262 e. The number of hydrogen-bond acceptors (Lipinski definition) is 2. The summed E-state index contributed by atoms with van der Waals surface area (Å²) in [4.78, 5) is 8.31. The zero-order valence-corrected chi connectivity index (χ0v) is 9.77. The summed E-state index contributed by atoms with van der Waals surface area (Å²) in [6.45, 7) is 11.2. The first-order valence-electron chi connectivity index (χ1n) is 5.16. The van der Waals surface area contributed by atoms with E-state index in [-0.39, 0.29) is 0 Å². The van der Waals surface area contributed by atoms with E-state index in [2.05, 4.69) is 23.3 Å². The Morgan fingerprint density at radius 2 is 2.00 bits per heavy atom. The van der Waals surface area contributed by atoms with Crippen LogP contribution in [0.25, 0.3) is 0 Å². The van der Waals surface area contributed by atoms with Gasteiger partial charge in [-0.15, -0.1) is 0 Å². The van der Waals surface area contributed by atoms with E-state index in [9.17, 15) is 0 Å². The summed E-state index contributed by atoms with van der Waals surface area (Å²) >= 11 is 0. The van der Waals surface area contributed by atoms with Gasteiger partial charge in [0.15, 0.2) is 0 Å². The van der Waals surface area contributed by atoms with E-state index in [1.165, 1.54) is 6.20 Å². The van der Waals surface area contributed by atoms with Crippen LogP contribution in [-0.4, -0.2) is 12.4 Å². The molecule has 0 radical (unpaired) electrons. The number of hydrogen-bond donors (Lipinski definition) is 0. The highest BCUT2D eigenvalue weighted by Gasteiger charge is 2.15. The van der Waals surface area contributed by atoms with Crippen LogP contribution >= 0.6 is 0 Å². The van der Waals surface area contributed by atoms with Crippen molar-refractivity contribution in [2.24, 2.45) is 9.98 Å². The molecule has 0 saturated carbocycles. The van der Waals surface area contributed by atoms with Gasteiger partial charge in [-0.2, -0.15) is 0 Å². The normalized spacial score (nSPS) is 21.1. The quantitative estimate of drug-likeness (QED) is 0.638. The Balaban J connectivity index is 3.40. The van der Waals surface area contributed by atoms with Crippen LogP contribution in [0.1, 0.15) is 13.8 Å². The number of aliphatic imine (C=N–C) groups is 2. The molecular weight excluding hydrogens is 196 g/mol. The Labute approximate surface area is 96.8 Å². The maximum atomic E-state index is 4.26. The smallest absolute Gasteiger partial charge is 0.0960 e. The topological polar surface area (TPSA) is 24.7 Å². The lowest BCUT2D eigenvalue weighted by molar-refractivity contribution is 1.36. The van der Waals surface area contributed by atoms with Crippen molar-refractivity contribution in [2.45, 2.75) is 13.8 Å². The van der Waals surface area contributed by atoms with Gasteiger partial charge in [-0.3, -0.25) is 9.98 Å². The zero-order chi connectivity index (χ0) is 12.0. The average molecular weight is 212 g/mol. The van der Waals surface area contributed by atoms with Crippen molar-refractivity contribution >= 4 is 12.4 Å². The van der Waals surface area contributed by atoms with Crippen molar-refractivity contribution in [3.8, 4) is 0 Å². The summed E-state index contributed by atoms with van der Waals surface area (Å²) in [5.74, 6) is 0. The van der Waals surface area contributed by atoms with Crippen LogP contribution in [0, 0.1) is 0 Å². The van der Waals surface area contributed by atoms with Gasteiger partial charge < -0.3 is 0 Å². The molecule has 82 valence electrons. The molecule has 1 aliphatic rings. The van der Waals surface area contributed by atoms with Crippen molar-refractivity contribution in [1.82, 2.24) is 0 Å². The molecule has 0 aromatic rings. The lowest BCUT2D eigenvalue weighted by atomic mass is 9.96. The van der Waals surface area contributed by atoms with E-state index in [1.807, 2.05) is 44.2 Å². The second kappa shape index (κ2) is 5.81. The third kappa shape index (κ3) is 2.34. The summed E-state index contributed by atoms with van der Waals surface area (Å²) < 4.78 is 0. The highest BCUT2D eigenvalue weighted by atomic mass is 14.8. The second-order valence-corrected chi connectivity index (χ2v) is 3.20. The molecule has 0 N–H and O–H groups in total. The Bertz CT molecular complexity index is 443. The van der Waals surface area contributed by atoms with Gasteiger partial charge in [0, 0.05) is 11.8 Å². The van der Waals surface area contributed by atoms with E-state index in [4.69, 9.17) is 0 Å². The molecule has 0 bridgehead atoms. The van der Waals surface area contributed by atoms with Crippen LogP contribution in [-0.2, 0) is 0 Å². The lowest BCUT2D eigenvalue weighted by Gasteiger charge is -2.14. The predicted octanol–water partition coefficient (Wildman–Crippen LogP) is 3.62. The maximum Gasteiger partial charge on any atom is 0.0960 e. The molecule has 1 aliphatic carbocycles. The first-order valence-corrected chi connectivity index (χ1v) is 5.16. The van der Waals surface area contributed by atoms with Gasteiger partial charge in [0.1, 0.15) is 0 Å². The summed E-state index contributed by atoms with van der Waals surface area (Å²) in [7, 11) is 0. The number of nitrogens with zero attached hydrogens (tertiary/aromatic N) is 2. The molecule has 0 heterocycles. The maximum absolute atomic E-state index is 4.26. The van der Waals surface area contributed by atoms with Crippen molar-refractivity contribution in [3.05, 3.63) is 60.0 Å². The van der Waals surface area contributed by atoms with Crippen LogP contribution in [0.2, 0.25) is 0 Å². The van der Waals surface area contributed by atoms with Crippen LogP contribution in [0.5, 0.6) is 0 Å². The van der Waals surface area contributed by atoms with Gasteiger partial charge in [-0.05, 0) is 26.1 Å². The van der Waals surface area contributed by atoms with E-state index >= 15 is 0 Å². The Morgan fingerprint density at radius 3 is 2.50 bits per heavy atom. The third-order valence-electron chi connectivity index (χ3n) is 2.25. The van der Waals surface area contributed by atoms with E-state index < -0.39 is 0 Å². The molecule has 16 heavy (non-hydrogen) atoms. The highest BCUT2D eigenvalue weighted by molar-refractivity contribution is 6.16. The number of allylic oxidation sites excluding steroid dienone is 7. The SMILES string of the molecule is C=C/N=C1C(N=C)=C(/C=C\C)C=CC/1=C/C. The summed E-state index contributed by atoms with van der Waals surface area (Å²) in [5.41, 5.74) is 3.68. The molecule has 0 fully saturated rings. The average Bonchev–Trinajstić information content (AvgIpc) is 2.30. The molecule has 0 unspecified atom stereocenters. The Morgan fingerprint density at radius 1 is 1.25 bits per heavy atom. The first kappa shape index (κ1) is 12.1. The molecule has 0 atom stereocenters. The minimum Gasteiger partial charge on any atom is -0.262 e. The van der Waals surface area contributed by atoms with Crippen LogP contribution < -0.4 is 0 Å². The van der Waals surface area contributed by atoms with Gasteiger partial charge in [-0.1, -0.05) is 37.0 Å². The highest BCUT2D eigenvalue weighted by Crippen LogP contribution is 2.23. The monoisotopic (exact) mass is 212 g/mol. The second-order valence-electron chi connectivity index (χ2n) is 3.20. The van der Waals surface area contributed by atoms with E-state index in [0.717, 1.165) is 22.6 Å². The predicted molar refractivity (Wildman–Crippen MR) is 71.9 cm³/mol. The van der Waals surface area contributed by atoms with Gasteiger partial charge in [0.05, 0.1) is 11.4 Å². The van der Waals surface area contributed by atoms with E-state index in [1.54, 1.807) is 0 Å². The van der Waals surface area contributed by atoms with Gasteiger partial charge in [-0.25, -0.2) is 0 Å². The molecule has 1 rings (SSSR count). The fourth-order valence-electron chi connectivity index (χ4n) is 1.55. The fraction of sp³-hybridized carbons (Fsp3) is 0.143.